The third-order valence-corrected chi connectivity index (χ3v) is 5.54. The lowest BCUT2D eigenvalue weighted by molar-refractivity contribution is -0.994. The van der Waals surface area contributed by atoms with Crippen LogP contribution in [-0.4, -0.2) is 43.0 Å². The second-order valence-corrected chi connectivity index (χ2v) is 6.96. The quantitative estimate of drug-likeness (QED) is 0.608. The van der Waals surface area contributed by atoms with Gasteiger partial charge in [-0.25, -0.2) is 0 Å². The molecule has 0 unspecified atom stereocenters. The molecule has 1 aromatic heterocycles. The molecule has 128 valence electrons. The summed E-state index contributed by atoms with van der Waals surface area (Å²) in [5, 5.41) is 1.03. The Morgan fingerprint density at radius 1 is 0.960 bits per heavy atom. The molecule has 0 aliphatic carbocycles. The van der Waals surface area contributed by atoms with Crippen LogP contribution in [0.3, 0.4) is 0 Å². The van der Waals surface area contributed by atoms with Crippen molar-refractivity contribution in [2.24, 2.45) is 0 Å². The number of aromatic amines is 1. The SMILES string of the molecule is C[C@H](C(=O)c1c[nH]c2ccccc12)[NH+]1CC[NH+](c2ccccc2)CC1. The Labute approximate surface area is 148 Å². The predicted octanol–water partition coefficient (Wildman–Crippen LogP) is 0.854. The maximum Gasteiger partial charge on any atom is 0.221 e. The van der Waals surface area contributed by atoms with Gasteiger partial charge < -0.3 is 9.88 Å². The fourth-order valence-corrected chi connectivity index (χ4v) is 3.96. The van der Waals surface area contributed by atoms with Gasteiger partial charge in [-0.05, 0) is 25.1 Å². The Morgan fingerprint density at radius 3 is 2.40 bits per heavy atom. The number of nitrogens with one attached hydrogen (secondary N) is 3. The summed E-state index contributed by atoms with van der Waals surface area (Å²) in [4.78, 5) is 19.2. The second kappa shape index (κ2) is 6.82. The Balaban J connectivity index is 1.45. The third kappa shape index (κ3) is 3.11. The first-order valence-electron chi connectivity index (χ1n) is 9.09. The number of fused-ring (bicyclic) bond motifs is 1. The zero-order valence-corrected chi connectivity index (χ0v) is 14.6. The number of benzene rings is 2. The minimum absolute atomic E-state index is 0.00321. The molecule has 2 aromatic carbocycles. The number of Topliss-reactive ketones (excluding diaryl/α,β-unsaturated/α-hetero) is 1. The first-order valence-corrected chi connectivity index (χ1v) is 9.09. The summed E-state index contributed by atoms with van der Waals surface area (Å²) >= 11 is 0. The minimum atomic E-state index is -0.00321. The molecule has 1 aliphatic rings. The van der Waals surface area contributed by atoms with Crippen LogP contribution < -0.4 is 9.80 Å². The van der Waals surface area contributed by atoms with E-state index in [1.54, 1.807) is 0 Å². The lowest BCUT2D eigenvalue weighted by Gasteiger charge is -2.32. The number of rotatable bonds is 4. The van der Waals surface area contributed by atoms with Crippen molar-refractivity contribution in [3.63, 3.8) is 0 Å². The lowest BCUT2D eigenvalue weighted by Crippen LogP contribution is -3.28. The van der Waals surface area contributed by atoms with E-state index in [0.29, 0.717) is 0 Å². The maximum absolute atomic E-state index is 13.0. The number of aromatic nitrogens is 1. The summed E-state index contributed by atoms with van der Waals surface area (Å²) in [6.07, 6.45) is 1.87. The number of ketones is 1. The Bertz CT molecular complexity index is 863. The van der Waals surface area contributed by atoms with E-state index in [0.717, 1.165) is 42.6 Å². The Kier molecular flexibility index (Phi) is 4.38. The molecule has 25 heavy (non-hydrogen) atoms. The van der Waals surface area contributed by atoms with Crippen LogP contribution in [0.1, 0.15) is 17.3 Å². The van der Waals surface area contributed by atoms with E-state index in [2.05, 4.69) is 42.2 Å². The van der Waals surface area contributed by atoms with E-state index < -0.39 is 0 Å². The number of hydrogen-bond donors (Lipinski definition) is 3. The molecule has 4 heteroatoms. The van der Waals surface area contributed by atoms with Crippen molar-refractivity contribution in [1.82, 2.24) is 4.98 Å². The lowest BCUT2D eigenvalue weighted by atomic mass is 10.0. The van der Waals surface area contributed by atoms with Crippen molar-refractivity contribution in [3.05, 3.63) is 66.4 Å². The van der Waals surface area contributed by atoms with Gasteiger partial charge in [-0.3, -0.25) is 9.69 Å². The van der Waals surface area contributed by atoms with Crippen molar-refractivity contribution in [3.8, 4) is 0 Å². The van der Waals surface area contributed by atoms with Crippen molar-refractivity contribution < 1.29 is 14.6 Å². The molecule has 0 spiro atoms. The van der Waals surface area contributed by atoms with Gasteiger partial charge in [0.1, 0.15) is 37.9 Å². The first-order chi connectivity index (χ1) is 12.2. The van der Waals surface area contributed by atoms with Gasteiger partial charge in [-0.15, -0.1) is 0 Å². The summed E-state index contributed by atoms with van der Waals surface area (Å²) < 4.78 is 0. The first kappa shape index (κ1) is 16.1. The highest BCUT2D eigenvalue weighted by atomic mass is 16.1. The van der Waals surface area contributed by atoms with Crippen molar-refractivity contribution in [1.29, 1.82) is 0 Å². The van der Waals surface area contributed by atoms with Gasteiger partial charge in [0.15, 0.2) is 0 Å². The van der Waals surface area contributed by atoms with Crippen molar-refractivity contribution in [2.75, 3.05) is 26.2 Å². The number of hydrogen-bond acceptors (Lipinski definition) is 1. The van der Waals surface area contributed by atoms with Crippen molar-refractivity contribution >= 4 is 22.4 Å². The Morgan fingerprint density at radius 2 is 1.64 bits per heavy atom. The molecule has 2 heterocycles. The van der Waals surface area contributed by atoms with Gasteiger partial charge in [0.05, 0.1) is 0 Å². The molecule has 3 N–H and O–H groups in total. The number of carbonyl (C=O) groups excluding carboxylic acids is 1. The van der Waals surface area contributed by atoms with E-state index >= 15 is 0 Å². The second-order valence-electron chi connectivity index (χ2n) is 6.96. The van der Waals surface area contributed by atoms with Gasteiger partial charge in [0.2, 0.25) is 5.78 Å². The summed E-state index contributed by atoms with van der Waals surface area (Å²) in [5.74, 6) is 0.246. The minimum Gasteiger partial charge on any atom is -0.360 e. The average Bonchev–Trinajstić information content (AvgIpc) is 3.12. The standard InChI is InChI=1S/C21H23N3O/c1-16(21(25)19-15-22-20-10-6-5-9-18(19)20)23-11-13-24(14-12-23)17-7-3-2-4-8-17/h2-10,15-16,22H,11-14H2,1H3/p+2/t16-/m1/s1. The molecule has 0 bridgehead atoms. The largest absolute Gasteiger partial charge is 0.360 e. The highest BCUT2D eigenvalue weighted by molar-refractivity contribution is 6.09. The molecular weight excluding hydrogens is 310 g/mol. The van der Waals surface area contributed by atoms with Crippen LogP contribution in [0.5, 0.6) is 0 Å². The monoisotopic (exact) mass is 335 g/mol. The molecule has 3 aromatic rings. The number of carbonyl (C=O) groups is 1. The maximum atomic E-state index is 13.0. The fraction of sp³-hybridized carbons (Fsp3) is 0.286. The van der Waals surface area contributed by atoms with Crippen LogP contribution in [0.2, 0.25) is 0 Å². The number of para-hydroxylation sites is 2. The molecule has 1 aliphatic heterocycles. The summed E-state index contributed by atoms with van der Waals surface area (Å²) in [5.41, 5.74) is 3.22. The van der Waals surface area contributed by atoms with Gasteiger partial charge in [0.25, 0.3) is 0 Å². The molecule has 1 fully saturated rings. The average molecular weight is 335 g/mol. The smallest absolute Gasteiger partial charge is 0.221 e. The predicted molar refractivity (Wildman–Crippen MR) is 99.6 cm³/mol. The van der Waals surface area contributed by atoms with Crippen LogP contribution in [0.15, 0.2) is 60.8 Å². The third-order valence-electron chi connectivity index (χ3n) is 5.54. The van der Waals surface area contributed by atoms with E-state index in [4.69, 9.17) is 0 Å². The van der Waals surface area contributed by atoms with E-state index in [1.807, 2.05) is 30.5 Å². The molecule has 1 saturated heterocycles. The Hall–Kier alpha value is -2.43. The molecule has 1 atom stereocenters. The molecule has 4 nitrogen and oxygen atoms in total. The normalized spacial score (nSPS) is 22.0. The summed E-state index contributed by atoms with van der Waals surface area (Å²) in [6, 6.07) is 18.7. The van der Waals surface area contributed by atoms with Gasteiger partial charge in [-0.1, -0.05) is 36.4 Å². The molecule has 0 saturated carbocycles. The molecule has 0 radical (unpaired) electrons. The van der Waals surface area contributed by atoms with E-state index in [-0.39, 0.29) is 11.8 Å². The molecule has 4 rings (SSSR count). The number of H-pyrrole nitrogens is 1. The summed E-state index contributed by atoms with van der Waals surface area (Å²) in [7, 11) is 0. The van der Waals surface area contributed by atoms with Gasteiger partial charge in [-0.2, -0.15) is 0 Å². The van der Waals surface area contributed by atoms with Gasteiger partial charge >= 0.3 is 0 Å². The van der Waals surface area contributed by atoms with Crippen molar-refractivity contribution in [2.45, 2.75) is 13.0 Å². The van der Waals surface area contributed by atoms with Crippen LogP contribution in [-0.2, 0) is 0 Å². The molecular formula is C21H25N3O+2. The summed E-state index contributed by atoms with van der Waals surface area (Å²) in [6.45, 7) is 6.28. The van der Waals surface area contributed by atoms with Crippen LogP contribution in [0, 0.1) is 0 Å². The van der Waals surface area contributed by atoms with Crippen LogP contribution >= 0.6 is 0 Å². The topological polar surface area (TPSA) is 41.7 Å². The number of piperazine rings is 1. The zero-order chi connectivity index (χ0) is 17.2. The van der Waals surface area contributed by atoms with Crippen LogP contribution in [0.4, 0.5) is 5.69 Å². The fourth-order valence-electron chi connectivity index (χ4n) is 3.96. The van der Waals surface area contributed by atoms with E-state index in [1.165, 1.54) is 15.5 Å². The van der Waals surface area contributed by atoms with Crippen LogP contribution in [0.25, 0.3) is 10.9 Å². The molecule has 0 amide bonds. The number of quaternary nitrogens is 2. The highest BCUT2D eigenvalue weighted by Gasteiger charge is 2.32. The highest BCUT2D eigenvalue weighted by Crippen LogP contribution is 2.18. The zero-order valence-electron chi connectivity index (χ0n) is 14.6. The van der Waals surface area contributed by atoms with Gasteiger partial charge in [0, 0.05) is 22.7 Å². The van der Waals surface area contributed by atoms with E-state index in [9.17, 15) is 4.79 Å².